The van der Waals surface area contributed by atoms with Gasteiger partial charge in [0.1, 0.15) is 6.54 Å². The molecule has 0 rings (SSSR count). The van der Waals surface area contributed by atoms with Crippen LogP contribution in [-0.4, -0.2) is 48.2 Å². The summed E-state index contributed by atoms with van der Waals surface area (Å²) in [5.74, 6) is 0.955. The fourth-order valence-electron chi connectivity index (χ4n) is 1.13. The monoisotopic (exact) mass is 227 g/mol. The summed E-state index contributed by atoms with van der Waals surface area (Å²) in [7, 11) is 0. The van der Waals surface area contributed by atoms with Gasteiger partial charge in [-0.3, -0.25) is 9.59 Å². The zero-order chi connectivity index (χ0) is 12.4. The summed E-state index contributed by atoms with van der Waals surface area (Å²) >= 11 is 0. The number of terminal acetylenes is 1. The van der Waals surface area contributed by atoms with E-state index in [1.807, 2.05) is 6.92 Å². The van der Waals surface area contributed by atoms with Crippen LogP contribution >= 0.6 is 0 Å². The molecule has 0 spiro atoms. The first kappa shape index (κ1) is 14.5. The van der Waals surface area contributed by atoms with Crippen LogP contribution in [-0.2, 0) is 14.3 Å². The number of carbonyl (C=O) groups excluding carboxylic acids is 1. The van der Waals surface area contributed by atoms with Crippen LogP contribution in [0.3, 0.4) is 0 Å². The molecule has 90 valence electrons. The average Bonchev–Trinajstić information content (AvgIpc) is 2.23. The maximum Gasteiger partial charge on any atom is 0.323 e. The second-order valence-electron chi connectivity index (χ2n) is 3.15. The zero-order valence-corrected chi connectivity index (χ0v) is 9.44. The first-order valence-electron chi connectivity index (χ1n) is 5.12. The van der Waals surface area contributed by atoms with Crippen LogP contribution < -0.4 is 0 Å². The lowest BCUT2D eigenvalue weighted by Gasteiger charge is -2.17. The van der Waals surface area contributed by atoms with Gasteiger partial charge in [-0.2, -0.15) is 0 Å². The molecule has 16 heavy (non-hydrogen) atoms. The predicted octanol–water partition coefficient (Wildman–Crippen LogP) is 0.349. The summed E-state index contributed by atoms with van der Waals surface area (Å²) in [6.07, 6.45) is 5.89. The Kier molecular flexibility index (Phi) is 7.90. The topological polar surface area (TPSA) is 66.8 Å². The maximum absolute atomic E-state index is 11.5. The molecule has 0 aromatic rings. The minimum absolute atomic E-state index is 0.0275. The van der Waals surface area contributed by atoms with Crippen molar-refractivity contribution in [1.82, 2.24) is 4.90 Å². The van der Waals surface area contributed by atoms with Gasteiger partial charge in [0.15, 0.2) is 0 Å². The van der Waals surface area contributed by atoms with Gasteiger partial charge in [0.2, 0.25) is 5.91 Å². The number of carboxylic acids is 1. The smallest absolute Gasteiger partial charge is 0.323 e. The fraction of sp³-hybridized carbons (Fsp3) is 0.636. The molecule has 0 saturated carbocycles. The molecule has 0 aromatic carbocycles. The van der Waals surface area contributed by atoms with Crippen LogP contribution in [0.5, 0.6) is 0 Å². The van der Waals surface area contributed by atoms with Crippen molar-refractivity contribution in [2.75, 3.05) is 26.3 Å². The molecule has 0 atom stereocenters. The molecule has 0 heterocycles. The van der Waals surface area contributed by atoms with Crippen LogP contribution in [0.15, 0.2) is 0 Å². The van der Waals surface area contributed by atoms with Crippen molar-refractivity contribution in [2.45, 2.75) is 19.8 Å². The van der Waals surface area contributed by atoms with Crippen LogP contribution in [0, 0.1) is 12.3 Å². The highest BCUT2D eigenvalue weighted by Crippen LogP contribution is 1.98. The number of carboxylic acid groups (broad SMARTS) is 1. The standard InChI is InChI=1S/C11H17NO4/c1-3-7-12(9-11(14)15)10(13)6-5-8-16-4-2/h1H,4-9H2,2H3,(H,14,15). The lowest BCUT2D eigenvalue weighted by Crippen LogP contribution is -2.35. The Balaban J connectivity index is 3.97. The molecule has 5 nitrogen and oxygen atoms in total. The number of hydrogen-bond acceptors (Lipinski definition) is 3. The Bertz CT molecular complexity index is 270. The number of ether oxygens (including phenoxy) is 1. The number of amides is 1. The van der Waals surface area contributed by atoms with Crippen LogP contribution in [0.4, 0.5) is 0 Å². The fourth-order valence-corrected chi connectivity index (χ4v) is 1.13. The minimum atomic E-state index is -1.06. The molecular formula is C11H17NO4. The second kappa shape index (κ2) is 8.74. The van der Waals surface area contributed by atoms with Gasteiger partial charge < -0.3 is 14.7 Å². The van der Waals surface area contributed by atoms with E-state index >= 15 is 0 Å². The Morgan fingerprint density at radius 1 is 1.50 bits per heavy atom. The molecule has 0 fully saturated rings. The van der Waals surface area contributed by atoms with Gasteiger partial charge in [-0.15, -0.1) is 6.42 Å². The van der Waals surface area contributed by atoms with E-state index in [0.29, 0.717) is 19.6 Å². The Hall–Kier alpha value is -1.54. The molecule has 0 bridgehead atoms. The van der Waals surface area contributed by atoms with Crippen molar-refractivity contribution in [3.63, 3.8) is 0 Å². The summed E-state index contributed by atoms with van der Waals surface area (Å²) in [6.45, 7) is 2.66. The molecular weight excluding hydrogens is 210 g/mol. The van der Waals surface area contributed by atoms with Gasteiger partial charge >= 0.3 is 5.97 Å². The first-order chi connectivity index (χ1) is 7.61. The average molecular weight is 227 g/mol. The second-order valence-corrected chi connectivity index (χ2v) is 3.15. The number of hydrogen-bond donors (Lipinski definition) is 1. The Labute approximate surface area is 95.4 Å². The third kappa shape index (κ3) is 6.85. The SMILES string of the molecule is C#CCN(CC(=O)O)C(=O)CCCOCC. The lowest BCUT2D eigenvalue weighted by molar-refractivity contribution is -0.144. The van der Waals surface area contributed by atoms with E-state index in [1.54, 1.807) is 0 Å². The largest absolute Gasteiger partial charge is 0.480 e. The van der Waals surface area contributed by atoms with Crippen molar-refractivity contribution in [1.29, 1.82) is 0 Å². The normalized spacial score (nSPS) is 9.50. The van der Waals surface area contributed by atoms with Crippen LogP contribution in [0.25, 0.3) is 0 Å². The summed E-state index contributed by atoms with van der Waals surface area (Å²) in [4.78, 5) is 23.2. The molecule has 0 aromatic heterocycles. The highest BCUT2D eigenvalue weighted by molar-refractivity contribution is 5.81. The molecule has 0 saturated heterocycles. The highest BCUT2D eigenvalue weighted by Gasteiger charge is 2.14. The van der Waals surface area contributed by atoms with E-state index in [9.17, 15) is 9.59 Å². The van der Waals surface area contributed by atoms with Gasteiger partial charge in [-0.1, -0.05) is 5.92 Å². The molecule has 0 aliphatic heterocycles. The first-order valence-corrected chi connectivity index (χ1v) is 5.12. The Morgan fingerprint density at radius 3 is 2.69 bits per heavy atom. The number of carbonyl (C=O) groups is 2. The van der Waals surface area contributed by atoms with Crippen molar-refractivity contribution < 1.29 is 19.4 Å². The number of rotatable bonds is 8. The van der Waals surface area contributed by atoms with Gasteiger partial charge in [0, 0.05) is 19.6 Å². The van der Waals surface area contributed by atoms with Gasteiger partial charge in [0.05, 0.1) is 6.54 Å². The van der Waals surface area contributed by atoms with Crippen molar-refractivity contribution >= 4 is 11.9 Å². The number of nitrogens with zero attached hydrogens (tertiary/aromatic N) is 1. The summed E-state index contributed by atoms with van der Waals surface area (Å²) < 4.78 is 5.08. The summed E-state index contributed by atoms with van der Waals surface area (Å²) in [5.41, 5.74) is 0. The van der Waals surface area contributed by atoms with E-state index in [2.05, 4.69) is 5.92 Å². The molecule has 0 aliphatic rings. The summed E-state index contributed by atoms with van der Waals surface area (Å²) in [5, 5.41) is 8.58. The zero-order valence-electron chi connectivity index (χ0n) is 9.44. The molecule has 1 amide bonds. The molecule has 0 unspecified atom stereocenters. The molecule has 5 heteroatoms. The van der Waals surface area contributed by atoms with E-state index in [-0.39, 0.29) is 25.4 Å². The van der Waals surface area contributed by atoms with Crippen molar-refractivity contribution in [3.8, 4) is 12.3 Å². The molecule has 0 radical (unpaired) electrons. The Morgan fingerprint density at radius 2 is 2.19 bits per heavy atom. The van der Waals surface area contributed by atoms with E-state index < -0.39 is 5.97 Å². The molecule has 1 N–H and O–H groups in total. The van der Waals surface area contributed by atoms with Crippen LogP contribution in [0.1, 0.15) is 19.8 Å². The van der Waals surface area contributed by atoms with Gasteiger partial charge in [0.25, 0.3) is 0 Å². The summed E-state index contributed by atoms with van der Waals surface area (Å²) in [6, 6.07) is 0. The molecule has 0 aliphatic carbocycles. The lowest BCUT2D eigenvalue weighted by atomic mass is 10.3. The van der Waals surface area contributed by atoms with Crippen molar-refractivity contribution in [3.05, 3.63) is 0 Å². The maximum atomic E-state index is 11.5. The van der Waals surface area contributed by atoms with Gasteiger partial charge in [-0.25, -0.2) is 0 Å². The van der Waals surface area contributed by atoms with Crippen LogP contribution in [0.2, 0.25) is 0 Å². The third-order valence-electron chi connectivity index (χ3n) is 1.84. The highest BCUT2D eigenvalue weighted by atomic mass is 16.5. The third-order valence-corrected chi connectivity index (χ3v) is 1.84. The quantitative estimate of drug-likeness (QED) is 0.480. The van der Waals surface area contributed by atoms with E-state index in [0.717, 1.165) is 4.90 Å². The number of aliphatic carboxylic acids is 1. The van der Waals surface area contributed by atoms with Crippen molar-refractivity contribution in [2.24, 2.45) is 0 Å². The van der Waals surface area contributed by atoms with Gasteiger partial charge in [-0.05, 0) is 13.3 Å². The van der Waals surface area contributed by atoms with E-state index in [1.165, 1.54) is 0 Å². The van der Waals surface area contributed by atoms with E-state index in [4.69, 9.17) is 16.3 Å². The minimum Gasteiger partial charge on any atom is -0.480 e. The predicted molar refractivity (Wildman–Crippen MR) is 58.8 cm³/mol.